The minimum Gasteiger partial charge on any atom is -0.496 e. The highest BCUT2D eigenvalue weighted by Crippen LogP contribution is 2.43. The number of aromatic amines is 1. The highest BCUT2D eigenvalue weighted by atomic mass is 32.2. The average Bonchev–Trinajstić information content (AvgIpc) is 2.95. The predicted molar refractivity (Wildman–Crippen MR) is 150 cm³/mol. The summed E-state index contributed by atoms with van der Waals surface area (Å²) in [5, 5.41) is 6.49. The number of ketones is 1. The Morgan fingerprint density at radius 3 is 2.76 bits per heavy atom. The summed E-state index contributed by atoms with van der Waals surface area (Å²) in [5.74, 6) is 0.528. The van der Waals surface area contributed by atoms with E-state index in [1.165, 1.54) is 17.8 Å². The number of alkyl halides is 2. The number of hydrogen-bond donors (Lipinski definition) is 2. The molecule has 3 heterocycles. The van der Waals surface area contributed by atoms with E-state index in [1.807, 2.05) is 31.2 Å². The lowest BCUT2D eigenvalue weighted by atomic mass is 9.74. The van der Waals surface area contributed by atoms with Gasteiger partial charge in [0.2, 0.25) is 0 Å². The first kappa shape index (κ1) is 28.4. The Morgan fingerprint density at radius 2 is 2.02 bits per heavy atom. The number of H-pyrrole nitrogens is 1. The smallest absolute Gasteiger partial charge is 0.337 e. The molecule has 41 heavy (non-hydrogen) atoms. The number of carbonyl (C=O) groups is 2. The largest absolute Gasteiger partial charge is 0.496 e. The first-order valence-corrected chi connectivity index (χ1v) is 14.2. The Labute approximate surface area is 240 Å². The van der Waals surface area contributed by atoms with Crippen molar-refractivity contribution in [3.05, 3.63) is 93.7 Å². The second-order valence-corrected chi connectivity index (χ2v) is 10.8. The number of halogens is 2. The molecule has 0 fully saturated rings. The molecule has 1 aliphatic heterocycles. The topological polar surface area (TPSA) is 107 Å². The van der Waals surface area contributed by atoms with Crippen molar-refractivity contribution in [1.29, 1.82) is 0 Å². The summed E-state index contributed by atoms with van der Waals surface area (Å²) in [5.41, 5.74) is 4.21. The van der Waals surface area contributed by atoms with Gasteiger partial charge in [-0.3, -0.25) is 4.79 Å². The van der Waals surface area contributed by atoms with Gasteiger partial charge in [-0.15, -0.1) is 0 Å². The molecule has 11 heteroatoms. The molecule has 212 valence electrons. The van der Waals surface area contributed by atoms with Gasteiger partial charge in [-0.25, -0.2) is 33.8 Å². The van der Waals surface area contributed by atoms with Gasteiger partial charge in [0.1, 0.15) is 11.4 Å². The zero-order chi connectivity index (χ0) is 29.1. The maximum atomic E-state index is 13.7. The van der Waals surface area contributed by atoms with E-state index in [0.717, 1.165) is 23.2 Å². The van der Waals surface area contributed by atoms with Crippen LogP contribution in [0.25, 0.3) is 0 Å². The van der Waals surface area contributed by atoms with Gasteiger partial charge >= 0.3 is 5.91 Å². The molecule has 3 N–H and O–H groups in total. The van der Waals surface area contributed by atoms with Crippen molar-refractivity contribution in [2.24, 2.45) is 0 Å². The first-order chi connectivity index (χ1) is 19.7. The summed E-state index contributed by atoms with van der Waals surface area (Å²) in [4.78, 5) is 38.3. The van der Waals surface area contributed by atoms with Gasteiger partial charge in [-0.05, 0) is 50.5 Å². The summed E-state index contributed by atoms with van der Waals surface area (Å²) in [6.45, 7) is 3.49. The SMILES string of the molecule is COc1ccc(C2C(C(=O)Nc3cccc[nH+]3)=C(C)NC3=C2C(=O)CCC3)cc1CSc1nc(C)cc(C(F)F)n1. The lowest BCUT2D eigenvalue weighted by Gasteiger charge is -2.34. The number of hydrogen-bond acceptors (Lipinski definition) is 7. The summed E-state index contributed by atoms with van der Waals surface area (Å²) in [6.07, 6.45) is 0.887. The predicted octanol–water partition coefficient (Wildman–Crippen LogP) is 5.44. The number of methoxy groups -OCH3 is 1. The van der Waals surface area contributed by atoms with Gasteiger partial charge in [0.15, 0.2) is 10.9 Å². The third-order valence-electron chi connectivity index (χ3n) is 7.05. The van der Waals surface area contributed by atoms with Gasteiger partial charge in [-0.1, -0.05) is 30.0 Å². The van der Waals surface area contributed by atoms with Gasteiger partial charge in [0.05, 0.1) is 18.9 Å². The van der Waals surface area contributed by atoms with Gasteiger partial charge < -0.3 is 10.1 Å². The molecule has 1 amide bonds. The Bertz CT molecular complexity index is 1560. The molecule has 0 radical (unpaired) electrons. The normalized spacial score (nSPS) is 16.9. The van der Waals surface area contributed by atoms with Crippen LogP contribution in [0.3, 0.4) is 0 Å². The van der Waals surface area contributed by atoms with E-state index in [0.29, 0.717) is 52.7 Å². The zero-order valence-electron chi connectivity index (χ0n) is 22.9. The summed E-state index contributed by atoms with van der Waals surface area (Å²) >= 11 is 1.21. The van der Waals surface area contributed by atoms with Crippen LogP contribution in [0.2, 0.25) is 0 Å². The number of rotatable bonds is 8. The van der Waals surface area contributed by atoms with Crippen LogP contribution >= 0.6 is 11.8 Å². The number of aryl methyl sites for hydroxylation is 1. The van der Waals surface area contributed by atoms with Crippen LogP contribution in [0.4, 0.5) is 14.6 Å². The maximum absolute atomic E-state index is 13.7. The molecule has 1 aliphatic carbocycles. The fraction of sp³-hybridized carbons (Fsp3) is 0.300. The molecule has 0 saturated heterocycles. The highest BCUT2D eigenvalue weighted by Gasteiger charge is 2.40. The van der Waals surface area contributed by atoms with E-state index >= 15 is 0 Å². The van der Waals surface area contributed by atoms with Crippen molar-refractivity contribution < 1.29 is 28.1 Å². The number of nitrogens with zero attached hydrogens (tertiary/aromatic N) is 2. The number of allylic oxidation sites excluding steroid dienone is 3. The number of ether oxygens (including phenoxy) is 1. The number of nitrogens with one attached hydrogen (secondary N) is 3. The van der Waals surface area contributed by atoms with Crippen LogP contribution < -0.4 is 20.4 Å². The monoisotopic (exact) mass is 578 g/mol. The number of Topliss-reactive ketones (excluding diaryl/α,β-unsaturated/α-hetero) is 1. The zero-order valence-corrected chi connectivity index (χ0v) is 23.7. The second-order valence-electron chi connectivity index (χ2n) is 9.87. The van der Waals surface area contributed by atoms with E-state index in [-0.39, 0.29) is 22.5 Å². The second kappa shape index (κ2) is 12.2. The molecule has 8 nitrogen and oxygen atoms in total. The van der Waals surface area contributed by atoms with Crippen LogP contribution in [0, 0.1) is 6.92 Å². The van der Waals surface area contributed by atoms with E-state index in [9.17, 15) is 18.4 Å². The van der Waals surface area contributed by atoms with Crippen molar-refractivity contribution in [3.8, 4) is 5.75 Å². The Hall–Kier alpha value is -4.12. The van der Waals surface area contributed by atoms with Crippen molar-refractivity contribution in [2.45, 2.75) is 56.4 Å². The van der Waals surface area contributed by atoms with E-state index < -0.39 is 12.3 Å². The lowest BCUT2D eigenvalue weighted by Crippen LogP contribution is -2.36. The number of pyridine rings is 1. The van der Waals surface area contributed by atoms with E-state index in [4.69, 9.17) is 4.74 Å². The Morgan fingerprint density at radius 1 is 1.20 bits per heavy atom. The molecule has 0 bridgehead atoms. The van der Waals surface area contributed by atoms with Crippen molar-refractivity contribution in [1.82, 2.24) is 15.3 Å². The Balaban J connectivity index is 1.53. The molecule has 2 aromatic heterocycles. The van der Waals surface area contributed by atoms with Crippen molar-refractivity contribution in [3.63, 3.8) is 0 Å². The maximum Gasteiger partial charge on any atom is 0.337 e. The highest BCUT2D eigenvalue weighted by molar-refractivity contribution is 7.98. The Kier molecular flexibility index (Phi) is 8.44. The van der Waals surface area contributed by atoms with E-state index in [1.54, 1.807) is 32.4 Å². The standard InChI is InChI=1S/C30H29F2N5O3S/c1-16-13-21(28(31)32)36-30(34-16)41-15-19-14-18(10-11-23(19)40-3)26-25(29(39)37-24-9-4-5-12-33-24)17(2)35-20-7-6-8-22(38)27(20)26/h4-5,9-14,26,28,35H,6-8,15H2,1-3H3,(H,33,37,39)/p+1. The number of thioether (sulfide) groups is 1. The number of benzene rings is 1. The van der Waals surface area contributed by atoms with Gasteiger partial charge in [0.25, 0.3) is 12.2 Å². The van der Waals surface area contributed by atoms with Crippen LogP contribution in [0.5, 0.6) is 5.75 Å². The number of aromatic nitrogens is 3. The third-order valence-corrected chi connectivity index (χ3v) is 7.95. The summed E-state index contributed by atoms with van der Waals surface area (Å²) in [6, 6.07) is 12.2. The molecule has 5 rings (SSSR count). The van der Waals surface area contributed by atoms with E-state index in [2.05, 4.69) is 25.6 Å². The average molecular weight is 579 g/mol. The van der Waals surface area contributed by atoms with Gasteiger partial charge in [-0.2, -0.15) is 0 Å². The fourth-order valence-electron chi connectivity index (χ4n) is 5.25. The van der Waals surface area contributed by atoms with Crippen molar-refractivity contribution >= 4 is 29.3 Å². The van der Waals surface area contributed by atoms with Crippen LogP contribution in [-0.4, -0.2) is 28.8 Å². The van der Waals surface area contributed by atoms with Gasteiger partial charge in [0, 0.05) is 52.4 Å². The molecule has 1 unspecified atom stereocenters. The molecular formula is C30H30F2N5O3S+. The molecule has 0 saturated carbocycles. The first-order valence-electron chi connectivity index (χ1n) is 13.2. The molecule has 1 aromatic carbocycles. The lowest BCUT2D eigenvalue weighted by molar-refractivity contribution is -0.360. The molecular weight excluding hydrogens is 548 g/mol. The van der Waals surface area contributed by atoms with Crippen LogP contribution in [0.1, 0.15) is 61.0 Å². The quantitative estimate of drug-likeness (QED) is 0.271. The third kappa shape index (κ3) is 6.14. The number of carbonyl (C=O) groups excluding carboxylic acids is 2. The van der Waals surface area contributed by atoms with Crippen LogP contribution in [0.15, 0.2) is 76.4 Å². The minimum atomic E-state index is -2.70. The summed E-state index contributed by atoms with van der Waals surface area (Å²) in [7, 11) is 1.55. The molecule has 2 aliphatic rings. The molecule has 1 atom stereocenters. The fourth-order valence-corrected chi connectivity index (χ4v) is 6.14. The summed E-state index contributed by atoms with van der Waals surface area (Å²) < 4.78 is 32.2. The number of anilines is 1. The molecule has 0 spiro atoms. The number of amides is 1. The molecule has 3 aromatic rings. The van der Waals surface area contributed by atoms with Crippen molar-refractivity contribution in [2.75, 3.05) is 12.4 Å². The number of dihydropyridines is 1. The van der Waals surface area contributed by atoms with Crippen LogP contribution in [-0.2, 0) is 15.3 Å². The minimum absolute atomic E-state index is 0.00672.